The van der Waals surface area contributed by atoms with E-state index in [0.717, 1.165) is 36.6 Å². The van der Waals surface area contributed by atoms with Crippen LogP contribution in [-0.2, 0) is 11.8 Å². The molecule has 0 aliphatic rings. The van der Waals surface area contributed by atoms with Crippen molar-refractivity contribution >= 4 is 79.0 Å². The predicted molar refractivity (Wildman–Crippen MR) is 169 cm³/mol. The number of nitrogens with one attached hydrogen (secondary N) is 2. The number of thioether (sulfide) groups is 2. The Bertz CT molecular complexity index is 1890. The van der Waals surface area contributed by atoms with E-state index >= 15 is 0 Å². The van der Waals surface area contributed by atoms with Gasteiger partial charge < -0.3 is 15.2 Å². The predicted octanol–water partition coefficient (Wildman–Crippen LogP) is 6.95. The Morgan fingerprint density at radius 1 is 0.902 bits per heavy atom. The fourth-order valence-electron chi connectivity index (χ4n) is 4.41. The number of anilines is 2. The first-order chi connectivity index (χ1) is 20.0. The molecule has 0 radical (unpaired) electrons. The summed E-state index contributed by atoms with van der Waals surface area (Å²) in [6, 6.07) is 26.7. The lowest BCUT2D eigenvalue weighted by Gasteiger charge is -2.09. The number of carbonyl (C=O) groups excluding carboxylic acids is 2. The van der Waals surface area contributed by atoms with E-state index in [0.29, 0.717) is 22.2 Å². The summed E-state index contributed by atoms with van der Waals surface area (Å²) in [5, 5.41) is 17.1. The van der Waals surface area contributed by atoms with E-state index < -0.39 is 0 Å². The number of benzene rings is 4. The largest absolute Gasteiger partial charge is 0.325 e. The highest BCUT2D eigenvalue weighted by Gasteiger charge is 2.15. The van der Waals surface area contributed by atoms with Gasteiger partial charge in [0, 0.05) is 29.5 Å². The summed E-state index contributed by atoms with van der Waals surface area (Å²) in [5.41, 5.74) is 3.83. The zero-order chi connectivity index (χ0) is 28.3. The quantitative estimate of drug-likeness (QED) is 0.183. The maximum absolute atomic E-state index is 13.0. The molecular weight excluding hydrogens is 573 g/mol. The summed E-state index contributed by atoms with van der Waals surface area (Å²) in [6.45, 7) is 0. The van der Waals surface area contributed by atoms with Gasteiger partial charge in [-0.1, -0.05) is 59.9 Å². The van der Waals surface area contributed by atoms with Crippen molar-refractivity contribution in [2.45, 2.75) is 9.50 Å². The maximum atomic E-state index is 13.0. The molecule has 2 amide bonds. The minimum Gasteiger partial charge on any atom is -0.325 e. The molecule has 0 saturated carbocycles. The molecule has 6 aromatic rings. The van der Waals surface area contributed by atoms with Gasteiger partial charge >= 0.3 is 0 Å². The van der Waals surface area contributed by atoms with E-state index in [9.17, 15) is 9.59 Å². The maximum Gasteiger partial charge on any atom is 0.256 e. The highest BCUT2D eigenvalue weighted by atomic mass is 32.2. The molecule has 0 saturated heterocycles. The zero-order valence-corrected chi connectivity index (χ0v) is 24.6. The van der Waals surface area contributed by atoms with Crippen LogP contribution >= 0.6 is 34.9 Å². The second kappa shape index (κ2) is 11.7. The van der Waals surface area contributed by atoms with E-state index in [1.807, 2.05) is 103 Å². The van der Waals surface area contributed by atoms with Crippen LogP contribution in [0, 0.1) is 0 Å². The fraction of sp³-hybridized carbons (Fsp3) is 0.100. The molecule has 11 heteroatoms. The Morgan fingerprint density at radius 2 is 1.68 bits per heavy atom. The number of aromatic nitrogens is 4. The van der Waals surface area contributed by atoms with Crippen LogP contribution in [0.4, 0.5) is 11.4 Å². The van der Waals surface area contributed by atoms with Crippen molar-refractivity contribution in [2.75, 3.05) is 22.6 Å². The lowest BCUT2D eigenvalue weighted by Crippen LogP contribution is -2.14. The molecule has 0 bridgehead atoms. The molecule has 0 fully saturated rings. The van der Waals surface area contributed by atoms with E-state index in [1.54, 1.807) is 23.1 Å². The van der Waals surface area contributed by atoms with Gasteiger partial charge in [0.2, 0.25) is 5.91 Å². The first kappa shape index (κ1) is 27.0. The second-order valence-electron chi connectivity index (χ2n) is 9.13. The molecule has 204 valence electrons. The molecule has 0 unspecified atom stereocenters. The standard InChI is InChI=1S/C30H24N6O2S3/c1-36-27(19-10-12-20(13-11-19)32-28(38)23-9-5-7-18-6-3-4-8-22(18)23)34-35-29(36)40-17-26(37)31-21-14-15-24-25(16-21)41-30(33-24)39-2/h3-16H,17H2,1-2H3,(H,31,37)(H,32,38). The first-order valence-corrected chi connectivity index (χ1v) is 15.7. The topological polar surface area (TPSA) is 102 Å². The Balaban J connectivity index is 1.08. The summed E-state index contributed by atoms with van der Waals surface area (Å²) >= 11 is 4.53. The Labute approximate surface area is 248 Å². The van der Waals surface area contributed by atoms with Crippen LogP contribution < -0.4 is 10.6 Å². The number of amides is 2. The van der Waals surface area contributed by atoms with Gasteiger partial charge in [0.25, 0.3) is 5.91 Å². The summed E-state index contributed by atoms with van der Waals surface area (Å²) in [5.74, 6) is 0.573. The van der Waals surface area contributed by atoms with E-state index in [1.165, 1.54) is 11.8 Å². The highest BCUT2D eigenvalue weighted by Crippen LogP contribution is 2.30. The number of rotatable bonds is 8. The van der Waals surface area contributed by atoms with Crippen LogP contribution in [0.25, 0.3) is 32.4 Å². The van der Waals surface area contributed by atoms with Crippen molar-refractivity contribution in [1.82, 2.24) is 19.7 Å². The molecule has 6 rings (SSSR count). The normalized spacial score (nSPS) is 11.2. The van der Waals surface area contributed by atoms with Crippen LogP contribution in [0.3, 0.4) is 0 Å². The molecule has 8 nitrogen and oxygen atoms in total. The van der Waals surface area contributed by atoms with Gasteiger partial charge in [-0.15, -0.1) is 21.5 Å². The summed E-state index contributed by atoms with van der Waals surface area (Å²) in [6.07, 6.45) is 2.00. The van der Waals surface area contributed by atoms with Gasteiger partial charge in [-0.3, -0.25) is 9.59 Å². The summed E-state index contributed by atoms with van der Waals surface area (Å²) in [7, 11) is 1.87. The Morgan fingerprint density at radius 3 is 2.51 bits per heavy atom. The number of thiazole rings is 1. The molecule has 4 aromatic carbocycles. The molecule has 0 aliphatic heterocycles. The van der Waals surface area contributed by atoms with Gasteiger partial charge in [-0.2, -0.15) is 0 Å². The minimum atomic E-state index is -0.165. The lowest BCUT2D eigenvalue weighted by molar-refractivity contribution is -0.113. The number of carbonyl (C=O) groups is 2. The Hall–Kier alpha value is -4.19. The van der Waals surface area contributed by atoms with E-state index in [4.69, 9.17) is 0 Å². The van der Waals surface area contributed by atoms with Crippen molar-refractivity contribution in [2.24, 2.45) is 7.05 Å². The third-order valence-electron chi connectivity index (χ3n) is 6.43. The molecule has 2 aromatic heterocycles. The van der Waals surface area contributed by atoms with Crippen molar-refractivity contribution in [3.8, 4) is 11.4 Å². The van der Waals surface area contributed by atoms with Gasteiger partial charge in [0.05, 0.1) is 16.0 Å². The van der Waals surface area contributed by atoms with Gasteiger partial charge in [-0.05, 0) is 65.6 Å². The number of fused-ring (bicyclic) bond motifs is 2. The SMILES string of the molecule is CSc1nc2ccc(NC(=O)CSc3nnc(-c4ccc(NC(=O)c5cccc6ccccc56)cc4)n3C)cc2s1. The van der Waals surface area contributed by atoms with E-state index in [-0.39, 0.29) is 17.6 Å². The van der Waals surface area contributed by atoms with Crippen LogP contribution in [0.15, 0.2) is 94.4 Å². The highest BCUT2D eigenvalue weighted by molar-refractivity contribution is 8.00. The summed E-state index contributed by atoms with van der Waals surface area (Å²) in [4.78, 5) is 30.1. The van der Waals surface area contributed by atoms with Gasteiger partial charge in [-0.25, -0.2) is 4.98 Å². The fourth-order valence-corrected chi connectivity index (χ4v) is 6.65. The number of nitrogens with zero attached hydrogens (tertiary/aromatic N) is 4. The second-order valence-corrected chi connectivity index (χ2v) is 12.2. The number of hydrogen-bond acceptors (Lipinski definition) is 8. The van der Waals surface area contributed by atoms with Gasteiger partial charge in [0.1, 0.15) is 0 Å². The molecule has 0 atom stereocenters. The average molecular weight is 597 g/mol. The van der Waals surface area contributed by atoms with Crippen molar-refractivity contribution in [1.29, 1.82) is 0 Å². The third kappa shape index (κ3) is 5.83. The van der Waals surface area contributed by atoms with Crippen molar-refractivity contribution in [3.05, 3.63) is 90.5 Å². The number of hydrogen-bond donors (Lipinski definition) is 2. The molecule has 41 heavy (non-hydrogen) atoms. The van der Waals surface area contributed by atoms with Crippen molar-refractivity contribution < 1.29 is 9.59 Å². The van der Waals surface area contributed by atoms with Crippen molar-refractivity contribution in [3.63, 3.8) is 0 Å². The first-order valence-electron chi connectivity index (χ1n) is 12.6. The smallest absolute Gasteiger partial charge is 0.256 e. The monoisotopic (exact) mass is 596 g/mol. The molecule has 2 heterocycles. The van der Waals surface area contributed by atoms with Crippen LogP contribution in [0.2, 0.25) is 0 Å². The van der Waals surface area contributed by atoms with Crippen LogP contribution in [0.5, 0.6) is 0 Å². The minimum absolute atomic E-state index is 0.125. The molecule has 0 aliphatic carbocycles. The summed E-state index contributed by atoms with van der Waals surface area (Å²) < 4.78 is 3.89. The third-order valence-corrected chi connectivity index (χ3v) is 9.45. The average Bonchev–Trinajstić information content (AvgIpc) is 3.58. The lowest BCUT2D eigenvalue weighted by atomic mass is 10.0. The van der Waals surface area contributed by atoms with Crippen LogP contribution in [-0.4, -0.2) is 43.6 Å². The zero-order valence-electron chi connectivity index (χ0n) is 22.1. The van der Waals surface area contributed by atoms with Gasteiger partial charge in [0.15, 0.2) is 15.3 Å². The van der Waals surface area contributed by atoms with E-state index in [2.05, 4.69) is 25.8 Å². The molecule has 0 spiro atoms. The molecule has 2 N–H and O–H groups in total. The Kier molecular flexibility index (Phi) is 7.73. The molecular formula is C30H24N6O2S3. The van der Waals surface area contributed by atoms with Crippen LogP contribution in [0.1, 0.15) is 10.4 Å².